The summed E-state index contributed by atoms with van der Waals surface area (Å²) in [4.78, 5) is 2.08. The minimum absolute atomic E-state index is 0.00544. The summed E-state index contributed by atoms with van der Waals surface area (Å²) < 4.78 is 11.0. The molecule has 0 radical (unpaired) electrons. The molecular weight excluding hydrogens is 232 g/mol. The quantitative estimate of drug-likeness (QED) is 0.784. The molecule has 100 valence electrons. The number of aliphatic hydroxyl groups is 1. The summed E-state index contributed by atoms with van der Waals surface area (Å²) in [6.07, 6.45) is 0. The van der Waals surface area contributed by atoms with Gasteiger partial charge in [-0.05, 0) is 24.7 Å². The fourth-order valence-corrected chi connectivity index (χ4v) is 2.02. The van der Waals surface area contributed by atoms with E-state index >= 15 is 0 Å². The lowest BCUT2D eigenvalue weighted by Crippen LogP contribution is -2.37. The zero-order valence-electron chi connectivity index (χ0n) is 10.6. The van der Waals surface area contributed by atoms with Crippen molar-refractivity contribution in [3.63, 3.8) is 0 Å². The van der Waals surface area contributed by atoms with Crippen LogP contribution in [0.5, 0.6) is 11.5 Å². The van der Waals surface area contributed by atoms with E-state index in [-0.39, 0.29) is 12.6 Å². The topological polar surface area (TPSA) is 68.0 Å². The maximum absolute atomic E-state index is 8.92. The molecule has 0 amide bonds. The summed E-state index contributed by atoms with van der Waals surface area (Å²) in [5, 5.41) is 8.92. The molecule has 1 aromatic carbocycles. The molecule has 1 aromatic rings. The molecule has 0 saturated heterocycles. The maximum atomic E-state index is 8.92. The monoisotopic (exact) mass is 252 g/mol. The van der Waals surface area contributed by atoms with E-state index in [4.69, 9.17) is 20.3 Å². The van der Waals surface area contributed by atoms with Crippen molar-refractivity contribution in [2.75, 3.05) is 33.4 Å². The van der Waals surface area contributed by atoms with Gasteiger partial charge in [-0.3, -0.25) is 0 Å². The van der Waals surface area contributed by atoms with Crippen LogP contribution in [0.1, 0.15) is 5.56 Å². The Labute approximate surface area is 107 Å². The standard InChI is InChI=1S/C13H20N2O3/c1-15(8-11(14)9-16)7-10-2-3-12-13(6-10)18-5-4-17-12/h2-3,6,11,16H,4-5,7-9,14H2,1H3. The van der Waals surface area contributed by atoms with Crippen molar-refractivity contribution in [1.82, 2.24) is 4.90 Å². The average molecular weight is 252 g/mol. The van der Waals surface area contributed by atoms with Gasteiger partial charge in [0.15, 0.2) is 11.5 Å². The van der Waals surface area contributed by atoms with Gasteiger partial charge < -0.3 is 25.2 Å². The van der Waals surface area contributed by atoms with Crippen molar-refractivity contribution in [2.24, 2.45) is 5.73 Å². The summed E-state index contributed by atoms with van der Waals surface area (Å²) in [5.74, 6) is 1.61. The number of fused-ring (bicyclic) bond motifs is 1. The lowest BCUT2D eigenvalue weighted by atomic mass is 10.1. The van der Waals surface area contributed by atoms with Gasteiger partial charge in [0, 0.05) is 19.1 Å². The highest BCUT2D eigenvalue weighted by Crippen LogP contribution is 2.30. The van der Waals surface area contributed by atoms with Crippen molar-refractivity contribution < 1.29 is 14.6 Å². The maximum Gasteiger partial charge on any atom is 0.161 e. The Bertz CT molecular complexity index is 398. The van der Waals surface area contributed by atoms with Crippen molar-refractivity contribution in [2.45, 2.75) is 12.6 Å². The molecule has 18 heavy (non-hydrogen) atoms. The molecule has 5 nitrogen and oxygen atoms in total. The third kappa shape index (κ3) is 3.35. The Morgan fingerprint density at radius 3 is 2.78 bits per heavy atom. The molecular formula is C13H20N2O3. The molecule has 1 unspecified atom stereocenters. The summed E-state index contributed by atoms with van der Waals surface area (Å²) >= 11 is 0. The predicted molar refractivity (Wildman–Crippen MR) is 68.8 cm³/mol. The number of aliphatic hydroxyl groups excluding tert-OH is 1. The van der Waals surface area contributed by atoms with Crippen LogP contribution in [0.2, 0.25) is 0 Å². The smallest absolute Gasteiger partial charge is 0.161 e. The lowest BCUT2D eigenvalue weighted by molar-refractivity contribution is 0.171. The number of hydrogen-bond donors (Lipinski definition) is 2. The van der Waals surface area contributed by atoms with Gasteiger partial charge in [0.2, 0.25) is 0 Å². The molecule has 1 aliphatic rings. The van der Waals surface area contributed by atoms with Crippen LogP contribution in [-0.2, 0) is 6.54 Å². The SMILES string of the molecule is CN(Cc1ccc2c(c1)OCCO2)CC(N)CO. The van der Waals surface area contributed by atoms with Crippen LogP contribution < -0.4 is 15.2 Å². The average Bonchev–Trinajstić information content (AvgIpc) is 2.38. The second kappa shape index (κ2) is 6.04. The summed E-state index contributed by atoms with van der Waals surface area (Å²) in [6.45, 7) is 2.64. The van der Waals surface area contributed by atoms with E-state index in [0.717, 1.165) is 23.6 Å². The third-order valence-electron chi connectivity index (χ3n) is 2.84. The van der Waals surface area contributed by atoms with Crippen LogP contribution in [0.25, 0.3) is 0 Å². The van der Waals surface area contributed by atoms with Gasteiger partial charge in [-0.25, -0.2) is 0 Å². The minimum Gasteiger partial charge on any atom is -0.486 e. The number of likely N-dealkylation sites (N-methyl/N-ethyl adjacent to an activating group) is 1. The molecule has 3 N–H and O–H groups in total. The Balaban J connectivity index is 1.97. The highest BCUT2D eigenvalue weighted by atomic mass is 16.6. The fraction of sp³-hybridized carbons (Fsp3) is 0.538. The molecule has 1 heterocycles. The molecule has 0 aromatic heterocycles. The van der Waals surface area contributed by atoms with Crippen LogP contribution in [0.15, 0.2) is 18.2 Å². The van der Waals surface area contributed by atoms with E-state index in [1.165, 1.54) is 0 Å². The van der Waals surface area contributed by atoms with Crippen molar-refractivity contribution in [1.29, 1.82) is 0 Å². The highest BCUT2D eigenvalue weighted by molar-refractivity contribution is 5.43. The number of benzene rings is 1. The van der Waals surface area contributed by atoms with Crippen LogP contribution in [0.3, 0.4) is 0 Å². The molecule has 0 bridgehead atoms. The first-order chi connectivity index (χ1) is 8.69. The van der Waals surface area contributed by atoms with Crippen LogP contribution in [-0.4, -0.2) is 49.5 Å². The van der Waals surface area contributed by atoms with E-state index in [9.17, 15) is 0 Å². The van der Waals surface area contributed by atoms with Gasteiger partial charge in [0.05, 0.1) is 6.61 Å². The molecule has 0 spiro atoms. The van der Waals surface area contributed by atoms with Crippen molar-refractivity contribution in [3.8, 4) is 11.5 Å². The first-order valence-corrected chi connectivity index (χ1v) is 6.12. The van der Waals surface area contributed by atoms with Crippen molar-refractivity contribution in [3.05, 3.63) is 23.8 Å². The summed E-state index contributed by atoms with van der Waals surface area (Å²) in [6, 6.07) is 5.75. The van der Waals surface area contributed by atoms with E-state index in [1.54, 1.807) is 0 Å². The second-order valence-corrected chi connectivity index (χ2v) is 4.62. The fourth-order valence-electron chi connectivity index (χ4n) is 2.02. The Hall–Kier alpha value is -1.30. The van der Waals surface area contributed by atoms with E-state index in [2.05, 4.69) is 4.90 Å². The van der Waals surface area contributed by atoms with Gasteiger partial charge in [-0.2, -0.15) is 0 Å². The highest BCUT2D eigenvalue weighted by Gasteiger charge is 2.13. The Kier molecular flexibility index (Phi) is 4.41. The minimum atomic E-state index is -0.202. The van der Waals surface area contributed by atoms with E-state index in [0.29, 0.717) is 19.8 Å². The summed E-state index contributed by atoms with van der Waals surface area (Å²) in [5.41, 5.74) is 6.85. The Morgan fingerprint density at radius 2 is 2.06 bits per heavy atom. The molecule has 0 fully saturated rings. The van der Waals surface area contributed by atoms with Gasteiger partial charge in [-0.15, -0.1) is 0 Å². The van der Waals surface area contributed by atoms with Crippen molar-refractivity contribution >= 4 is 0 Å². The molecule has 0 saturated carbocycles. The zero-order valence-corrected chi connectivity index (χ0v) is 10.6. The molecule has 1 atom stereocenters. The van der Waals surface area contributed by atoms with E-state index < -0.39 is 0 Å². The molecule has 5 heteroatoms. The van der Waals surface area contributed by atoms with Gasteiger partial charge in [-0.1, -0.05) is 6.07 Å². The molecule has 0 aliphatic carbocycles. The number of ether oxygens (including phenoxy) is 2. The number of nitrogens with zero attached hydrogens (tertiary/aromatic N) is 1. The predicted octanol–water partition coefficient (Wildman–Crippen LogP) is 0.209. The number of hydrogen-bond acceptors (Lipinski definition) is 5. The van der Waals surface area contributed by atoms with Crippen LogP contribution in [0.4, 0.5) is 0 Å². The summed E-state index contributed by atoms with van der Waals surface area (Å²) in [7, 11) is 1.98. The lowest BCUT2D eigenvalue weighted by Gasteiger charge is -2.22. The molecule has 1 aliphatic heterocycles. The second-order valence-electron chi connectivity index (χ2n) is 4.62. The number of rotatable bonds is 5. The van der Waals surface area contributed by atoms with Gasteiger partial charge >= 0.3 is 0 Å². The first kappa shape index (κ1) is 13.1. The Morgan fingerprint density at radius 1 is 1.33 bits per heavy atom. The van der Waals surface area contributed by atoms with Gasteiger partial charge in [0.25, 0.3) is 0 Å². The van der Waals surface area contributed by atoms with Gasteiger partial charge in [0.1, 0.15) is 13.2 Å². The third-order valence-corrected chi connectivity index (χ3v) is 2.84. The van der Waals surface area contributed by atoms with Crippen LogP contribution in [0, 0.1) is 0 Å². The number of nitrogens with two attached hydrogens (primary N) is 1. The first-order valence-electron chi connectivity index (χ1n) is 6.12. The largest absolute Gasteiger partial charge is 0.486 e. The zero-order chi connectivity index (χ0) is 13.0. The van der Waals surface area contributed by atoms with E-state index in [1.807, 2.05) is 25.2 Å². The van der Waals surface area contributed by atoms with Crippen LogP contribution >= 0.6 is 0 Å². The normalized spacial score (nSPS) is 15.8. The molecule has 2 rings (SSSR count).